The van der Waals surface area contributed by atoms with Crippen LogP contribution in [-0.4, -0.2) is 51.6 Å². The van der Waals surface area contributed by atoms with Crippen molar-refractivity contribution in [1.82, 2.24) is 24.8 Å². The number of rotatable bonds is 7. The second-order valence-electron chi connectivity index (χ2n) is 8.76. The third-order valence-electron chi connectivity index (χ3n) is 6.27. The normalized spacial score (nSPS) is 16.3. The molecule has 0 unspecified atom stereocenters. The van der Waals surface area contributed by atoms with Crippen molar-refractivity contribution < 1.29 is 9.18 Å². The number of likely N-dealkylation sites (N-methyl/N-ethyl adjacent to an activating group) is 1. The van der Waals surface area contributed by atoms with Gasteiger partial charge in [-0.25, -0.2) is 8.91 Å². The summed E-state index contributed by atoms with van der Waals surface area (Å²) in [6.45, 7) is 3.01. The van der Waals surface area contributed by atoms with Gasteiger partial charge in [0.05, 0.1) is 11.9 Å². The summed E-state index contributed by atoms with van der Waals surface area (Å²) in [4.78, 5) is 31.0. The van der Waals surface area contributed by atoms with E-state index in [1.807, 2.05) is 0 Å². The molecule has 0 aliphatic heterocycles. The fourth-order valence-electron chi connectivity index (χ4n) is 4.06. The quantitative estimate of drug-likeness (QED) is 0.612. The van der Waals surface area contributed by atoms with E-state index in [-0.39, 0.29) is 23.2 Å². The maximum absolute atomic E-state index is 14.0. The third kappa shape index (κ3) is 3.87. The van der Waals surface area contributed by atoms with E-state index >= 15 is 0 Å². The van der Waals surface area contributed by atoms with Gasteiger partial charge in [-0.15, -0.1) is 0 Å². The summed E-state index contributed by atoms with van der Waals surface area (Å²) < 4.78 is 15.5. The summed E-state index contributed by atoms with van der Waals surface area (Å²) in [5, 5.41) is 7.44. The van der Waals surface area contributed by atoms with E-state index in [0.29, 0.717) is 40.6 Å². The second kappa shape index (κ2) is 7.60. The first-order valence-electron chi connectivity index (χ1n) is 10.8. The maximum Gasteiger partial charge on any atom is 0.274 e. The lowest BCUT2D eigenvalue weighted by Crippen LogP contribution is -2.34. The molecule has 2 aliphatic carbocycles. The van der Waals surface area contributed by atoms with E-state index in [9.17, 15) is 14.0 Å². The molecule has 0 saturated heterocycles. The van der Waals surface area contributed by atoms with Crippen molar-refractivity contribution in [2.24, 2.45) is 0 Å². The van der Waals surface area contributed by atoms with Gasteiger partial charge in [0.25, 0.3) is 11.5 Å². The molecular weight excluding hydrogens is 397 g/mol. The lowest BCUT2D eigenvalue weighted by Gasteiger charge is -2.15. The highest BCUT2D eigenvalue weighted by Gasteiger charge is 2.34. The molecule has 2 fully saturated rings. The standard InChI is InChI=1S/C23H26FN5O2/c1-13-3-4-15(11-17(13)24)18-12-29-21(23(31)26-18)19(14-5-6-14)20(27-29)22(30)25-9-10-28(2)16-7-8-16/h3-4,11-12,14,16H,5-10H2,1-2H3,(H,25,30)(H,26,31). The minimum atomic E-state index is -0.339. The lowest BCUT2D eigenvalue weighted by atomic mass is 10.1. The number of hydrogen-bond donors (Lipinski definition) is 2. The van der Waals surface area contributed by atoms with Gasteiger partial charge >= 0.3 is 0 Å². The van der Waals surface area contributed by atoms with Crippen LogP contribution in [0.15, 0.2) is 29.2 Å². The molecular formula is C23H26FN5O2. The molecule has 2 heterocycles. The van der Waals surface area contributed by atoms with Crippen LogP contribution >= 0.6 is 0 Å². The SMILES string of the molecule is Cc1ccc(-c2cn3nc(C(=O)NCCN(C)C4CC4)c(C4CC4)c3c(=O)[nH]2)cc1F. The smallest absolute Gasteiger partial charge is 0.274 e. The van der Waals surface area contributed by atoms with Crippen LogP contribution in [0.3, 0.4) is 0 Å². The van der Waals surface area contributed by atoms with Gasteiger partial charge in [0, 0.05) is 30.3 Å². The van der Waals surface area contributed by atoms with Crippen LogP contribution in [0.2, 0.25) is 0 Å². The van der Waals surface area contributed by atoms with E-state index < -0.39 is 0 Å². The molecule has 2 N–H and O–H groups in total. The van der Waals surface area contributed by atoms with E-state index in [1.165, 1.54) is 23.4 Å². The van der Waals surface area contributed by atoms with Crippen LogP contribution in [0.1, 0.15) is 53.2 Å². The van der Waals surface area contributed by atoms with Gasteiger partial charge < -0.3 is 15.2 Å². The lowest BCUT2D eigenvalue weighted by molar-refractivity contribution is 0.0943. The molecule has 2 aromatic heterocycles. The monoisotopic (exact) mass is 423 g/mol. The molecule has 5 rings (SSSR count). The van der Waals surface area contributed by atoms with E-state index in [0.717, 1.165) is 24.9 Å². The zero-order valence-electron chi connectivity index (χ0n) is 17.7. The summed E-state index contributed by atoms with van der Waals surface area (Å²) in [6.07, 6.45) is 5.98. The fourth-order valence-corrected chi connectivity index (χ4v) is 4.06. The van der Waals surface area contributed by atoms with Crippen LogP contribution in [-0.2, 0) is 0 Å². The highest BCUT2D eigenvalue weighted by atomic mass is 19.1. The zero-order valence-corrected chi connectivity index (χ0v) is 17.7. The van der Waals surface area contributed by atoms with Crippen molar-refractivity contribution in [1.29, 1.82) is 0 Å². The Balaban J connectivity index is 1.47. The maximum atomic E-state index is 14.0. The number of fused-ring (bicyclic) bond motifs is 1. The third-order valence-corrected chi connectivity index (χ3v) is 6.27. The molecule has 8 heteroatoms. The topological polar surface area (TPSA) is 82.5 Å². The average Bonchev–Trinajstić information content (AvgIpc) is 3.66. The molecule has 3 aromatic rings. The molecule has 31 heavy (non-hydrogen) atoms. The molecule has 0 spiro atoms. The molecule has 2 aliphatic rings. The van der Waals surface area contributed by atoms with Crippen LogP contribution < -0.4 is 10.9 Å². The highest BCUT2D eigenvalue weighted by Crippen LogP contribution is 2.43. The predicted molar refractivity (Wildman–Crippen MR) is 116 cm³/mol. The number of H-pyrrole nitrogens is 1. The summed E-state index contributed by atoms with van der Waals surface area (Å²) >= 11 is 0. The first-order valence-corrected chi connectivity index (χ1v) is 10.8. The predicted octanol–water partition coefficient (Wildman–Crippen LogP) is 2.84. The van der Waals surface area contributed by atoms with E-state index in [1.54, 1.807) is 25.3 Å². The van der Waals surface area contributed by atoms with Crippen molar-refractivity contribution in [2.75, 3.05) is 20.1 Å². The van der Waals surface area contributed by atoms with Crippen LogP contribution in [0.5, 0.6) is 0 Å². The van der Waals surface area contributed by atoms with Crippen molar-refractivity contribution in [3.63, 3.8) is 0 Å². The Bertz CT molecular complexity index is 1220. The Hall–Kier alpha value is -3.00. The van der Waals surface area contributed by atoms with Gasteiger partial charge in [0.1, 0.15) is 11.3 Å². The fraction of sp³-hybridized carbons (Fsp3) is 0.435. The van der Waals surface area contributed by atoms with Gasteiger partial charge in [-0.05, 0) is 57.2 Å². The van der Waals surface area contributed by atoms with Crippen molar-refractivity contribution in [3.8, 4) is 11.3 Å². The number of nitrogens with one attached hydrogen (secondary N) is 2. The Morgan fingerprint density at radius 1 is 1.32 bits per heavy atom. The van der Waals surface area contributed by atoms with Crippen LogP contribution in [0.25, 0.3) is 16.8 Å². The Morgan fingerprint density at radius 3 is 2.77 bits per heavy atom. The number of amides is 1. The molecule has 7 nitrogen and oxygen atoms in total. The van der Waals surface area contributed by atoms with Gasteiger partial charge in [0.15, 0.2) is 5.69 Å². The number of carbonyl (C=O) groups is 1. The van der Waals surface area contributed by atoms with E-state index in [4.69, 9.17) is 0 Å². The van der Waals surface area contributed by atoms with Gasteiger partial charge in [-0.1, -0.05) is 12.1 Å². The number of aromatic amines is 1. The van der Waals surface area contributed by atoms with Gasteiger partial charge in [-0.2, -0.15) is 5.10 Å². The first-order chi connectivity index (χ1) is 14.9. The molecule has 2 saturated carbocycles. The number of hydrogen-bond acceptors (Lipinski definition) is 4. The minimum Gasteiger partial charge on any atom is -0.349 e. The number of halogens is 1. The van der Waals surface area contributed by atoms with Crippen molar-refractivity contribution >= 4 is 11.4 Å². The molecule has 1 amide bonds. The Morgan fingerprint density at radius 2 is 2.10 bits per heavy atom. The number of aromatic nitrogens is 3. The highest BCUT2D eigenvalue weighted by molar-refractivity contribution is 5.96. The van der Waals surface area contributed by atoms with Crippen molar-refractivity contribution in [3.05, 3.63) is 57.4 Å². The number of benzene rings is 1. The van der Waals surface area contributed by atoms with Crippen molar-refractivity contribution in [2.45, 2.75) is 44.6 Å². The Labute approximate surface area is 179 Å². The Kier molecular flexibility index (Phi) is 4.89. The minimum absolute atomic E-state index is 0.177. The average molecular weight is 423 g/mol. The molecule has 0 radical (unpaired) electrons. The largest absolute Gasteiger partial charge is 0.349 e. The summed E-state index contributed by atoms with van der Waals surface area (Å²) in [5.74, 6) is -0.415. The summed E-state index contributed by atoms with van der Waals surface area (Å²) in [6, 6.07) is 5.45. The number of aryl methyl sites for hydroxylation is 1. The summed E-state index contributed by atoms with van der Waals surface area (Å²) in [7, 11) is 2.07. The first kappa shape index (κ1) is 19.9. The molecule has 0 bridgehead atoms. The summed E-state index contributed by atoms with van der Waals surface area (Å²) in [5.41, 5.74) is 2.66. The van der Waals surface area contributed by atoms with Crippen LogP contribution in [0, 0.1) is 12.7 Å². The number of carbonyl (C=O) groups excluding carboxylic acids is 1. The zero-order chi connectivity index (χ0) is 21.7. The van der Waals surface area contributed by atoms with Gasteiger partial charge in [0.2, 0.25) is 0 Å². The molecule has 0 atom stereocenters. The second-order valence-corrected chi connectivity index (χ2v) is 8.76. The van der Waals surface area contributed by atoms with Crippen LogP contribution in [0.4, 0.5) is 4.39 Å². The molecule has 162 valence electrons. The van der Waals surface area contributed by atoms with Gasteiger partial charge in [-0.3, -0.25) is 9.59 Å². The number of nitrogens with zero attached hydrogens (tertiary/aromatic N) is 3. The van der Waals surface area contributed by atoms with E-state index in [2.05, 4.69) is 27.3 Å². The molecule has 1 aromatic carbocycles.